The zero-order valence-electron chi connectivity index (χ0n) is 17.4. The molecule has 1 aliphatic rings. The lowest BCUT2D eigenvalue weighted by Gasteiger charge is -2.37. The first-order valence-electron chi connectivity index (χ1n) is 9.47. The topological polar surface area (TPSA) is 81.5 Å². The minimum atomic E-state index is -0.0625. The highest BCUT2D eigenvalue weighted by Crippen LogP contribution is 2.40. The molecule has 7 nitrogen and oxygen atoms in total. The first kappa shape index (κ1) is 20.8. The van der Waals surface area contributed by atoms with E-state index in [0.29, 0.717) is 29.4 Å². The highest BCUT2D eigenvalue weighted by atomic mass is 16.5. The van der Waals surface area contributed by atoms with Crippen LogP contribution in [0.25, 0.3) is 0 Å². The summed E-state index contributed by atoms with van der Waals surface area (Å²) in [5.41, 5.74) is 2.80. The number of nitrogens with one attached hydrogen (secondary N) is 1. The molecule has 156 valence electrons. The molecule has 2 N–H and O–H groups in total. The maximum atomic E-state index is 9.63. The van der Waals surface area contributed by atoms with Crippen molar-refractivity contribution < 1.29 is 24.2 Å². The van der Waals surface area contributed by atoms with Crippen molar-refractivity contribution in [3.8, 4) is 23.0 Å². The van der Waals surface area contributed by atoms with Gasteiger partial charge in [0.25, 0.3) is 0 Å². The molecule has 3 rings (SSSR count). The summed E-state index contributed by atoms with van der Waals surface area (Å²) in [5, 5.41) is 16.9. The standard InChI is InChI=1S/C22H28N2O5/c1-13-16(24-25)12-17(14-6-8-18(26-2)20(10-14)28-4)23-22(13)15-7-9-19(27-3)21(11-15)29-5/h6-11,13,17,22-23,25H,12H2,1-5H3/b24-16+/t13-,17+,22-/m1/s1. The molecule has 0 aliphatic carbocycles. The molecule has 0 bridgehead atoms. The van der Waals surface area contributed by atoms with E-state index in [-0.39, 0.29) is 18.0 Å². The molecule has 3 atom stereocenters. The quantitative estimate of drug-likeness (QED) is 0.564. The highest BCUT2D eigenvalue weighted by molar-refractivity contribution is 5.88. The smallest absolute Gasteiger partial charge is 0.161 e. The van der Waals surface area contributed by atoms with E-state index in [2.05, 4.69) is 10.5 Å². The monoisotopic (exact) mass is 400 g/mol. The van der Waals surface area contributed by atoms with Gasteiger partial charge in [-0.2, -0.15) is 0 Å². The van der Waals surface area contributed by atoms with E-state index in [1.54, 1.807) is 28.4 Å². The Morgan fingerprint density at radius 1 is 0.828 bits per heavy atom. The molecule has 0 amide bonds. The number of oxime groups is 1. The van der Waals surface area contributed by atoms with Crippen LogP contribution in [0, 0.1) is 5.92 Å². The SMILES string of the molecule is COc1ccc([C@@H]2C/C(=N\O)[C@@H](C)[C@H](c3ccc(OC)c(OC)c3)N2)cc1OC. The summed E-state index contributed by atoms with van der Waals surface area (Å²) in [6.07, 6.45) is 0.594. The predicted octanol–water partition coefficient (Wildman–Crippen LogP) is 3.96. The first-order valence-corrected chi connectivity index (χ1v) is 9.47. The van der Waals surface area contributed by atoms with Gasteiger partial charge < -0.3 is 29.5 Å². The Hall–Kier alpha value is -2.93. The molecule has 0 spiro atoms. The van der Waals surface area contributed by atoms with Crippen molar-refractivity contribution in [1.82, 2.24) is 5.32 Å². The Kier molecular flexibility index (Phi) is 6.49. The number of ether oxygens (including phenoxy) is 4. The van der Waals surface area contributed by atoms with Crippen LogP contribution in [-0.4, -0.2) is 39.4 Å². The zero-order valence-corrected chi connectivity index (χ0v) is 17.4. The summed E-state index contributed by atoms with van der Waals surface area (Å²) in [5.74, 6) is 2.68. The third kappa shape index (κ3) is 4.10. The Labute approximate surface area is 171 Å². The molecule has 0 saturated carbocycles. The number of benzene rings is 2. The van der Waals surface area contributed by atoms with Gasteiger partial charge in [-0.1, -0.05) is 24.2 Å². The van der Waals surface area contributed by atoms with Crippen molar-refractivity contribution >= 4 is 5.71 Å². The molecule has 0 unspecified atom stereocenters. The van der Waals surface area contributed by atoms with Crippen LogP contribution in [0.15, 0.2) is 41.6 Å². The lowest BCUT2D eigenvalue weighted by molar-refractivity contribution is 0.293. The predicted molar refractivity (Wildman–Crippen MR) is 111 cm³/mol. The maximum Gasteiger partial charge on any atom is 0.161 e. The van der Waals surface area contributed by atoms with Crippen molar-refractivity contribution in [2.45, 2.75) is 25.4 Å². The lowest BCUT2D eigenvalue weighted by atomic mass is 9.81. The number of nitrogens with zero attached hydrogens (tertiary/aromatic N) is 1. The molecule has 1 saturated heterocycles. The summed E-state index contributed by atoms with van der Waals surface area (Å²) < 4.78 is 21.6. The van der Waals surface area contributed by atoms with Crippen molar-refractivity contribution in [2.24, 2.45) is 11.1 Å². The van der Waals surface area contributed by atoms with E-state index in [1.165, 1.54) is 0 Å². The van der Waals surface area contributed by atoms with Crippen LogP contribution < -0.4 is 24.3 Å². The fraction of sp³-hybridized carbons (Fsp3) is 0.409. The molecule has 1 aliphatic heterocycles. The second-order valence-electron chi connectivity index (χ2n) is 7.01. The Bertz CT molecular complexity index is 884. The largest absolute Gasteiger partial charge is 0.493 e. The Morgan fingerprint density at radius 2 is 1.34 bits per heavy atom. The molecule has 1 heterocycles. The van der Waals surface area contributed by atoms with Crippen molar-refractivity contribution in [3.05, 3.63) is 47.5 Å². The minimum Gasteiger partial charge on any atom is -0.493 e. The second kappa shape index (κ2) is 9.05. The summed E-state index contributed by atoms with van der Waals surface area (Å²) in [7, 11) is 6.46. The summed E-state index contributed by atoms with van der Waals surface area (Å²) in [6, 6.07) is 11.6. The summed E-state index contributed by atoms with van der Waals surface area (Å²) in [4.78, 5) is 0. The Morgan fingerprint density at radius 3 is 1.86 bits per heavy atom. The first-order chi connectivity index (χ1) is 14.1. The van der Waals surface area contributed by atoms with Crippen LogP contribution >= 0.6 is 0 Å². The van der Waals surface area contributed by atoms with E-state index in [4.69, 9.17) is 18.9 Å². The van der Waals surface area contributed by atoms with E-state index >= 15 is 0 Å². The summed E-state index contributed by atoms with van der Waals surface area (Å²) in [6.45, 7) is 2.05. The molecular formula is C22H28N2O5. The third-order valence-electron chi connectivity index (χ3n) is 5.52. The molecular weight excluding hydrogens is 372 g/mol. The number of methoxy groups -OCH3 is 4. The second-order valence-corrected chi connectivity index (χ2v) is 7.01. The lowest BCUT2D eigenvalue weighted by Crippen LogP contribution is -2.41. The highest BCUT2D eigenvalue weighted by Gasteiger charge is 2.34. The molecule has 0 radical (unpaired) electrons. The number of rotatable bonds is 6. The van der Waals surface area contributed by atoms with Crippen LogP contribution in [0.4, 0.5) is 0 Å². The zero-order chi connectivity index (χ0) is 21.0. The van der Waals surface area contributed by atoms with Crippen LogP contribution in [-0.2, 0) is 0 Å². The van der Waals surface area contributed by atoms with E-state index < -0.39 is 0 Å². The molecule has 7 heteroatoms. The fourth-order valence-electron chi connectivity index (χ4n) is 3.85. The fourth-order valence-corrected chi connectivity index (χ4v) is 3.85. The van der Waals surface area contributed by atoms with Gasteiger partial charge in [-0.25, -0.2) is 0 Å². The molecule has 2 aromatic rings. The van der Waals surface area contributed by atoms with E-state index in [0.717, 1.165) is 16.8 Å². The van der Waals surface area contributed by atoms with Gasteiger partial charge in [0, 0.05) is 24.4 Å². The summed E-state index contributed by atoms with van der Waals surface area (Å²) >= 11 is 0. The number of piperidine rings is 1. The van der Waals surface area contributed by atoms with E-state index in [9.17, 15) is 5.21 Å². The van der Waals surface area contributed by atoms with Gasteiger partial charge >= 0.3 is 0 Å². The van der Waals surface area contributed by atoms with Gasteiger partial charge in [-0.15, -0.1) is 0 Å². The van der Waals surface area contributed by atoms with Crippen LogP contribution in [0.1, 0.15) is 36.6 Å². The Balaban J connectivity index is 1.97. The van der Waals surface area contributed by atoms with Crippen molar-refractivity contribution in [1.29, 1.82) is 0 Å². The van der Waals surface area contributed by atoms with Crippen LogP contribution in [0.2, 0.25) is 0 Å². The van der Waals surface area contributed by atoms with Gasteiger partial charge in [-0.05, 0) is 35.4 Å². The van der Waals surface area contributed by atoms with Crippen LogP contribution in [0.5, 0.6) is 23.0 Å². The number of hydrogen-bond donors (Lipinski definition) is 2. The van der Waals surface area contributed by atoms with Gasteiger partial charge in [0.2, 0.25) is 0 Å². The normalized spacial score (nSPS) is 22.9. The van der Waals surface area contributed by atoms with Crippen molar-refractivity contribution in [2.75, 3.05) is 28.4 Å². The van der Waals surface area contributed by atoms with Gasteiger partial charge in [0.1, 0.15) is 0 Å². The van der Waals surface area contributed by atoms with Crippen LogP contribution in [0.3, 0.4) is 0 Å². The minimum absolute atomic E-state index is 0.00879. The maximum absolute atomic E-state index is 9.63. The molecule has 2 aromatic carbocycles. The average Bonchev–Trinajstić information content (AvgIpc) is 2.78. The van der Waals surface area contributed by atoms with Crippen molar-refractivity contribution in [3.63, 3.8) is 0 Å². The van der Waals surface area contributed by atoms with Gasteiger partial charge in [-0.3, -0.25) is 0 Å². The number of hydrogen-bond acceptors (Lipinski definition) is 7. The molecule has 29 heavy (non-hydrogen) atoms. The van der Waals surface area contributed by atoms with Gasteiger partial charge in [0.15, 0.2) is 23.0 Å². The van der Waals surface area contributed by atoms with E-state index in [1.807, 2.05) is 43.3 Å². The molecule has 1 fully saturated rings. The molecule has 0 aromatic heterocycles. The third-order valence-corrected chi connectivity index (χ3v) is 5.52. The average molecular weight is 400 g/mol. The van der Waals surface area contributed by atoms with Gasteiger partial charge in [0.05, 0.1) is 34.2 Å².